The fraction of sp³-hybridized carbons (Fsp3) is 0.500. The summed E-state index contributed by atoms with van der Waals surface area (Å²) in [4.78, 5) is 22.9. The van der Waals surface area contributed by atoms with E-state index in [9.17, 15) is 4.79 Å². The number of H-pyrrole nitrogens is 1. The summed E-state index contributed by atoms with van der Waals surface area (Å²) in [7, 11) is 2.03. The van der Waals surface area contributed by atoms with Crippen molar-refractivity contribution >= 4 is 5.78 Å². The number of hydrogen-bond donors (Lipinski definition) is 1. The SMILES string of the molecule is Cc1cc(C)n(CCCN(C)Cc2cc(=O)n3[nH]c(C)nc3n2)n1. The van der Waals surface area contributed by atoms with Gasteiger partial charge >= 0.3 is 0 Å². The average Bonchev–Trinajstić information content (AvgIpc) is 3.01. The van der Waals surface area contributed by atoms with E-state index >= 15 is 0 Å². The van der Waals surface area contributed by atoms with Gasteiger partial charge in [0.1, 0.15) is 5.82 Å². The first-order valence-corrected chi connectivity index (χ1v) is 8.07. The zero-order valence-electron chi connectivity index (χ0n) is 14.6. The van der Waals surface area contributed by atoms with Crippen LogP contribution in [0.1, 0.15) is 29.3 Å². The Balaban J connectivity index is 1.59. The molecule has 8 heteroatoms. The maximum absolute atomic E-state index is 12.1. The Bertz CT molecular complexity index is 905. The highest BCUT2D eigenvalue weighted by Gasteiger charge is 2.08. The molecule has 3 aromatic rings. The van der Waals surface area contributed by atoms with Crippen LogP contribution in [0.25, 0.3) is 5.78 Å². The van der Waals surface area contributed by atoms with Crippen molar-refractivity contribution in [3.05, 3.63) is 45.4 Å². The van der Waals surface area contributed by atoms with Crippen molar-refractivity contribution in [2.45, 2.75) is 40.3 Å². The lowest BCUT2D eigenvalue weighted by atomic mass is 10.3. The van der Waals surface area contributed by atoms with Crippen LogP contribution in [-0.4, -0.2) is 47.9 Å². The van der Waals surface area contributed by atoms with Gasteiger partial charge in [-0.25, -0.2) is 4.98 Å². The van der Waals surface area contributed by atoms with Gasteiger partial charge < -0.3 is 4.90 Å². The first-order chi connectivity index (χ1) is 11.4. The predicted molar refractivity (Wildman–Crippen MR) is 91.0 cm³/mol. The number of nitrogens with one attached hydrogen (secondary N) is 1. The molecule has 0 saturated heterocycles. The Hall–Kier alpha value is -2.48. The lowest BCUT2D eigenvalue weighted by Gasteiger charge is -2.16. The van der Waals surface area contributed by atoms with Crippen LogP contribution in [0.5, 0.6) is 0 Å². The van der Waals surface area contributed by atoms with Crippen molar-refractivity contribution in [1.82, 2.24) is 34.3 Å². The summed E-state index contributed by atoms with van der Waals surface area (Å²) in [5.74, 6) is 1.10. The fourth-order valence-electron chi connectivity index (χ4n) is 2.86. The van der Waals surface area contributed by atoms with Crippen LogP contribution in [-0.2, 0) is 13.1 Å². The van der Waals surface area contributed by atoms with Crippen molar-refractivity contribution in [1.29, 1.82) is 0 Å². The number of nitrogens with zero attached hydrogens (tertiary/aromatic N) is 6. The Morgan fingerprint density at radius 2 is 2.00 bits per heavy atom. The molecule has 3 rings (SSSR count). The number of hydrogen-bond acceptors (Lipinski definition) is 5. The zero-order valence-corrected chi connectivity index (χ0v) is 14.6. The number of aromatic nitrogens is 6. The topological polar surface area (TPSA) is 84.1 Å². The van der Waals surface area contributed by atoms with E-state index in [1.54, 1.807) is 13.0 Å². The van der Waals surface area contributed by atoms with Crippen molar-refractivity contribution < 1.29 is 0 Å². The number of aryl methyl sites for hydroxylation is 4. The molecule has 3 aromatic heterocycles. The standard InChI is InChI=1S/C16H23N7O/c1-11-8-12(2)22(19-11)7-5-6-21(4)10-14-9-15(24)23-16(18-14)17-13(3)20-23/h8-9H,5-7,10H2,1-4H3,(H,17,18,20). The Kier molecular flexibility index (Phi) is 4.48. The predicted octanol–water partition coefficient (Wildman–Crippen LogP) is 1.06. The Morgan fingerprint density at radius 1 is 1.21 bits per heavy atom. The molecule has 0 spiro atoms. The van der Waals surface area contributed by atoms with Crippen molar-refractivity contribution in [3.63, 3.8) is 0 Å². The second-order valence-electron chi connectivity index (χ2n) is 6.27. The lowest BCUT2D eigenvalue weighted by molar-refractivity contribution is 0.307. The highest BCUT2D eigenvalue weighted by atomic mass is 16.1. The molecule has 3 heterocycles. The van der Waals surface area contributed by atoms with Crippen LogP contribution >= 0.6 is 0 Å². The van der Waals surface area contributed by atoms with E-state index in [1.165, 1.54) is 10.2 Å². The zero-order chi connectivity index (χ0) is 17.3. The molecule has 0 aliphatic rings. The molecule has 0 fully saturated rings. The van der Waals surface area contributed by atoms with Crippen molar-refractivity contribution in [3.8, 4) is 0 Å². The third-order valence-electron chi connectivity index (χ3n) is 3.94. The molecule has 1 N–H and O–H groups in total. The summed E-state index contributed by atoms with van der Waals surface area (Å²) in [6.07, 6.45) is 0.987. The summed E-state index contributed by atoms with van der Waals surface area (Å²) in [5.41, 5.74) is 2.84. The summed E-state index contributed by atoms with van der Waals surface area (Å²) in [6.45, 7) is 8.29. The van der Waals surface area contributed by atoms with Crippen LogP contribution in [0.2, 0.25) is 0 Å². The fourth-order valence-corrected chi connectivity index (χ4v) is 2.86. The van der Waals surface area contributed by atoms with E-state index in [2.05, 4.69) is 38.1 Å². The molecule has 0 unspecified atom stereocenters. The average molecular weight is 329 g/mol. The normalized spacial score (nSPS) is 11.7. The second kappa shape index (κ2) is 6.56. The first-order valence-electron chi connectivity index (χ1n) is 8.07. The van der Waals surface area contributed by atoms with Gasteiger partial charge in [0.05, 0.1) is 11.4 Å². The second-order valence-corrected chi connectivity index (χ2v) is 6.27. The summed E-state index contributed by atoms with van der Waals surface area (Å²) < 4.78 is 3.40. The molecular weight excluding hydrogens is 306 g/mol. The molecule has 0 amide bonds. The number of aromatic amines is 1. The molecule has 0 saturated carbocycles. The van der Waals surface area contributed by atoms with E-state index in [-0.39, 0.29) is 5.56 Å². The quantitative estimate of drug-likeness (QED) is 0.731. The van der Waals surface area contributed by atoms with Crippen molar-refractivity contribution in [2.24, 2.45) is 0 Å². The molecule has 0 radical (unpaired) electrons. The van der Waals surface area contributed by atoms with Gasteiger partial charge in [-0.3, -0.25) is 14.6 Å². The molecular formula is C16H23N7O. The van der Waals surface area contributed by atoms with Gasteiger partial charge in [-0.1, -0.05) is 0 Å². The molecule has 0 aliphatic heterocycles. The van der Waals surface area contributed by atoms with Gasteiger partial charge in [0.2, 0.25) is 0 Å². The summed E-state index contributed by atoms with van der Waals surface area (Å²) in [6, 6.07) is 3.64. The third-order valence-corrected chi connectivity index (χ3v) is 3.94. The van der Waals surface area contributed by atoms with Crippen LogP contribution in [0.4, 0.5) is 0 Å². The molecule has 24 heavy (non-hydrogen) atoms. The van der Waals surface area contributed by atoms with Gasteiger partial charge in [-0.15, -0.1) is 0 Å². The smallest absolute Gasteiger partial charge is 0.274 e. The van der Waals surface area contributed by atoms with Crippen molar-refractivity contribution in [2.75, 3.05) is 13.6 Å². The first kappa shape index (κ1) is 16.4. The van der Waals surface area contributed by atoms with E-state index in [4.69, 9.17) is 0 Å². The highest BCUT2D eigenvalue weighted by molar-refractivity contribution is 5.27. The summed E-state index contributed by atoms with van der Waals surface area (Å²) >= 11 is 0. The van der Waals surface area contributed by atoms with Crippen LogP contribution in [0.15, 0.2) is 16.9 Å². The number of fused-ring (bicyclic) bond motifs is 1. The van der Waals surface area contributed by atoms with Gasteiger partial charge in [0, 0.05) is 31.4 Å². The van der Waals surface area contributed by atoms with Crippen LogP contribution in [0.3, 0.4) is 0 Å². The van der Waals surface area contributed by atoms with Crippen LogP contribution in [0, 0.1) is 20.8 Å². The van der Waals surface area contributed by atoms with E-state index in [1.807, 2.05) is 18.7 Å². The summed E-state index contributed by atoms with van der Waals surface area (Å²) in [5, 5.41) is 7.34. The largest absolute Gasteiger partial charge is 0.300 e. The Labute approximate surface area is 140 Å². The molecule has 0 aromatic carbocycles. The molecule has 0 bridgehead atoms. The number of rotatable bonds is 6. The van der Waals surface area contributed by atoms with E-state index in [0.29, 0.717) is 18.1 Å². The van der Waals surface area contributed by atoms with Crippen LogP contribution < -0.4 is 5.56 Å². The highest BCUT2D eigenvalue weighted by Crippen LogP contribution is 2.05. The Morgan fingerprint density at radius 3 is 2.71 bits per heavy atom. The maximum Gasteiger partial charge on any atom is 0.274 e. The molecule has 128 valence electrons. The van der Waals surface area contributed by atoms with E-state index < -0.39 is 0 Å². The minimum Gasteiger partial charge on any atom is -0.300 e. The minimum atomic E-state index is -0.133. The minimum absolute atomic E-state index is 0.133. The third kappa shape index (κ3) is 3.53. The van der Waals surface area contributed by atoms with Gasteiger partial charge in [0.25, 0.3) is 11.3 Å². The van der Waals surface area contributed by atoms with Gasteiger partial charge in [0.15, 0.2) is 0 Å². The van der Waals surface area contributed by atoms with Gasteiger partial charge in [-0.05, 0) is 40.3 Å². The molecule has 8 nitrogen and oxygen atoms in total. The monoisotopic (exact) mass is 329 g/mol. The molecule has 0 atom stereocenters. The molecule has 0 aliphatic carbocycles. The van der Waals surface area contributed by atoms with Gasteiger partial charge in [-0.2, -0.15) is 14.6 Å². The maximum atomic E-state index is 12.1. The van der Waals surface area contributed by atoms with E-state index in [0.717, 1.165) is 30.9 Å². The lowest BCUT2D eigenvalue weighted by Crippen LogP contribution is -2.24.